The number of fused-ring (bicyclic) bond motifs is 1. The van der Waals surface area contributed by atoms with Crippen LogP contribution >= 0.6 is 0 Å². The quantitative estimate of drug-likeness (QED) is 0.208. The number of aliphatic hydroxyl groups is 4. The fourth-order valence-corrected chi connectivity index (χ4v) is 5.53. The van der Waals surface area contributed by atoms with Gasteiger partial charge < -0.3 is 40.9 Å². The molecule has 6 N–H and O–H groups in total. The third-order valence-electron chi connectivity index (χ3n) is 8.14. The molecule has 0 bridgehead atoms. The highest BCUT2D eigenvalue weighted by molar-refractivity contribution is 6.08. The summed E-state index contributed by atoms with van der Waals surface area (Å²) < 4.78 is 0. The van der Waals surface area contributed by atoms with Crippen LogP contribution in [0.3, 0.4) is 0 Å². The second-order valence-electron chi connectivity index (χ2n) is 11.4. The summed E-state index contributed by atoms with van der Waals surface area (Å²) in [6.45, 7) is 4.91. The molecule has 12 heteroatoms. The normalized spacial score (nSPS) is 21.7. The first-order valence-electron chi connectivity index (χ1n) is 14.7. The number of aliphatic hydroxyl groups excluding tert-OH is 3. The molecule has 2 heterocycles. The van der Waals surface area contributed by atoms with E-state index in [0.717, 1.165) is 12.8 Å². The molecule has 44 heavy (non-hydrogen) atoms. The van der Waals surface area contributed by atoms with Crippen molar-refractivity contribution in [2.75, 3.05) is 28.7 Å². The first-order valence-corrected chi connectivity index (χ1v) is 14.7. The summed E-state index contributed by atoms with van der Waals surface area (Å²) >= 11 is 0. The van der Waals surface area contributed by atoms with Gasteiger partial charge in [-0.1, -0.05) is 31.2 Å². The molecule has 5 atom stereocenters. The largest absolute Gasteiger partial charge is 0.394 e. The molecule has 0 spiro atoms. The van der Waals surface area contributed by atoms with Crippen LogP contribution in [-0.4, -0.2) is 80.4 Å². The van der Waals surface area contributed by atoms with Crippen LogP contribution in [0.4, 0.5) is 17.1 Å². The van der Waals surface area contributed by atoms with Gasteiger partial charge in [-0.3, -0.25) is 19.2 Å². The molecule has 0 aliphatic carbocycles. The van der Waals surface area contributed by atoms with Gasteiger partial charge in [0.1, 0.15) is 12.2 Å². The van der Waals surface area contributed by atoms with Gasteiger partial charge in [0.2, 0.25) is 5.91 Å². The minimum Gasteiger partial charge on any atom is -0.394 e. The van der Waals surface area contributed by atoms with E-state index in [-0.39, 0.29) is 42.8 Å². The fraction of sp³-hybridized carbons (Fsp3) is 0.438. The van der Waals surface area contributed by atoms with Gasteiger partial charge in [0.05, 0.1) is 24.9 Å². The Morgan fingerprint density at radius 2 is 1.61 bits per heavy atom. The van der Waals surface area contributed by atoms with Gasteiger partial charge in [-0.05, 0) is 62.6 Å². The van der Waals surface area contributed by atoms with Crippen LogP contribution in [-0.2, 0) is 31.3 Å². The van der Waals surface area contributed by atoms with Crippen LogP contribution in [0.1, 0.15) is 51.2 Å². The van der Waals surface area contributed by atoms with Crippen LogP contribution in [0.5, 0.6) is 0 Å². The lowest BCUT2D eigenvalue weighted by Gasteiger charge is -2.28. The molecule has 4 amide bonds. The molecule has 1 saturated heterocycles. The number of nitrogens with zero attached hydrogens (tertiary/aromatic N) is 2. The predicted molar refractivity (Wildman–Crippen MR) is 163 cm³/mol. The van der Waals surface area contributed by atoms with Gasteiger partial charge in [-0.15, -0.1) is 0 Å². The molecule has 4 rings (SSSR count). The third-order valence-corrected chi connectivity index (χ3v) is 8.14. The standard InChI is InChI=1S/C32H40N4O8/c1-19(6-4-8-28(40)35-15-5-7-25(35)18-37)32(44)26-16-24(34-30(42)21(3)39)13-14-27(26)36(31(32)43)17-22-9-11-23(12-10-22)33-29(41)20(2)38/h4,6,9-14,16,19-21,25,37-39,44H,5,7-8,15,17-18H2,1-3H3,(H,33,41)(H,34,42)/b6-4+/t19-,20-,21-,25-,32+/m0/s1. The maximum atomic E-state index is 14.0. The zero-order chi connectivity index (χ0) is 32.2. The number of hydrogen-bond donors (Lipinski definition) is 6. The van der Waals surface area contributed by atoms with Gasteiger partial charge in [-0.2, -0.15) is 0 Å². The first kappa shape index (κ1) is 32.8. The lowest BCUT2D eigenvalue weighted by molar-refractivity contribution is -0.139. The zero-order valence-corrected chi connectivity index (χ0v) is 25.1. The lowest BCUT2D eigenvalue weighted by Crippen LogP contribution is -2.44. The fourth-order valence-electron chi connectivity index (χ4n) is 5.53. The zero-order valence-electron chi connectivity index (χ0n) is 25.1. The van der Waals surface area contributed by atoms with Crippen LogP contribution < -0.4 is 15.5 Å². The molecule has 0 unspecified atom stereocenters. The topological polar surface area (TPSA) is 180 Å². The first-order chi connectivity index (χ1) is 20.9. The number of benzene rings is 2. The Labute approximate surface area is 256 Å². The van der Waals surface area contributed by atoms with Crippen molar-refractivity contribution < 1.29 is 39.6 Å². The lowest BCUT2D eigenvalue weighted by atomic mass is 9.82. The third kappa shape index (κ3) is 6.83. The van der Waals surface area contributed by atoms with E-state index in [9.17, 15) is 39.6 Å². The van der Waals surface area contributed by atoms with E-state index in [0.29, 0.717) is 23.5 Å². The van der Waals surface area contributed by atoms with E-state index < -0.39 is 41.4 Å². The average molecular weight is 609 g/mol. The molecular weight excluding hydrogens is 568 g/mol. The molecule has 2 aliphatic heterocycles. The van der Waals surface area contributed by atoms with Crippen molar-refractivity contribution in [2.45, 2.75) is 70.4 Å². The van der Waals surface area contributed by atoms with Gasteiger partial charge in [0.15, 0.2) is 5.60 Å². The number of rotatable bonds is 11. The number of anilines is 3. The Morgan fingerprint density at radius 3 is 2.23 bits per heavy atom. The number of carbonyl (C=O) groups is 4. The smallest absolute Gasteiger partial charge is 0.264 e. The summed E-state index contributed by atoms with van der Waals surface area (Å²) in [7, 11) is 0. The molecule has 2 aromatic carbocycles. The van der Waals surface area contributed by atoms with Crippen molar-refractivity contribution in [3.05, 3.63) is 65.7 Å². The monoisotopic (exact) mass is 608 g/mol. The minimum absolute atomic E-state index is 0.0457. The van der Waals surface area contributed by atoms with Gasteiger partial charge in [0, 0.05) is 35.8 Å². The second-order valence-corrected chi connectivity index (χ2v) is 11.4. The molecule has 236 valence electrons. The van der Waals surface area contributed by atoms with Crippen molar-refractivity contribution in [3.8, 4) is 0 Å². The Balaban J connectivity index is 1.60. The maximum Gasteiger partial charge on any atom is 0.264 e. The molecule has 0 saturated carbocycles. The summed E-state index contributed by atoms with van der Waals surface area (Å²) in [4.78, 5) is 53.8. The number of carbonyl (C=O) groups excluding carboxylic acids is 4. The van der Waals surface area contributed by atoms with Crippen LogP contribution in [0.25, 0.3) is 0 Å². The average Bonchev–Trinajstić information content (AvgIpc) is 3.56. The summed E-state index contributed by atoms with van der Waals surface area (Å²) in [5.41, 5.74) is 0.111. The number of amides is 4. The summed E-state index contributed by atoms with van der Waals surface area (Å²) in [6, 6.07) is 11.2. The van der Waals surface area contributed by atoms with Crippen molar-refractivity contribution in [2.24, 2.45) is 5.92 Å². The minimum atomic E-state index is -2.03. The molecular formula is C32H40N4O8. The van der Waals surface area contributed by atoms with Crippen molar-refractivity contribution in [1.29, 1.82) is 0 Å². The Kier molecular flexibility index (Phi) is 10.2. The Hall–Kier alpha value is -4.10. The van der Waals surface area contributed by atoms with E-state index in [4.69, 9.17) is 0 Å². The maximum absolute atomic E-state index is 14.0. The molecule has 0 radical (unpaired) electrons. The molecule has 12 nitrogen and oxygen atoms in total. The number of likely N-dealkylation sites (tertiary alicyclic amines) is 1. The number of nitrogens with one attached hydrogen (secondary N) is 2. The van der Waals surface area contributed by atoms with Gasteiger partial charge in [-0.25, -0.2) is 0 Å². The van der Waals surface area contributed by atoms with Crippen LogP contribution in [0, 0.1) is 5.92 Å². The van der Waals surface area contributed by atoms with Crippen LogP contribution in [0.2, 0.25) is 0 Å². The van der Waals surface area contributed by atoms with Crippen molar-refractivity contribution in [3.63, 3.8) is 0 Å². The summed E-state index contributed by atoms with van der Waals surface area (Å²) in [5, 5.41) is 45.9. The summed E-state index contributed by atoms with van der Waals surface area (Å²) in [6.07, 6.45) is 2.41. The van der Waals surface area contributed by atoms with Gasteiger partial charge in [0.25, 0.3) is 17.7 Å². The van der Waals surface area contributed by atoms with E-state index in [1.165, 1.54) is 24.8 Å². The Morgan fingerprint density at radius 1 is 1.00 bits per heavy atom. The van der Waals surface area contributed by atoms with Crippen LogP contribution in [0.15, 0.2) is 54.6 Å². The highest BCUT2D eigenvalue weighted by atomic mass is 16.3. The van der Waals surface area contributed by atoms with Crippen molar-refractivity contribution >= 4 is 40.7 Å². The van der Waals surface area contributed by atoms with E-state index in [1.807, 2.05) is 0 Å². The van der Waals surface area contributed by atoms with E-state index in [1.54, 1.807) is 60.4 Å². The Bertz CT molecular complexity index is 1420. The predicted octanol–water partition coefficient (Wildman–Crippen LogP) is 1.63. The number of hydrogen-bond acceptors (Lipinski definition) is 8. The molecule has 1 fully saturated rings. The SMILES string of the molecule is C[C@H](O)C(=O)Nc1ccc(CN2C(=O)[C@@](O)([C@@H](C)/C=C/CC(=O)N3CCC[C@H]3CO)c3cc(NC(=O)[C@H](C)O)ccc32)cc1. The van der Waals surface area contributed by atoms with Crippen molar-refractivity contribution in [1.82, 2.24) is 4.90 Å². The molecule has 0 aromatic heterocycles. The highest BCUT2D eigenvalue weighted by Gasteiger charge is 2.52. The second kappa shape index (κ2) is 13.7. The van der Waals surface area contributed by atoms with E-state index >= 15 is 0 Å². The van der Waals surface area contributed by atoms with E-state index in [2.05, 4.69) is 10.6 Å². The molecule has 2 aliphatic rings. The van der Waals surface area contributed by atoms with Gasteiger partial charge >= 0.3 is 0 Å². The highest BCUT2D eigenvalue weighted by Crippen LogP contribution is 2.47. The molecule has 2 aromatic rings. The summed E-state index contributed by atoms with van der Waals surface area (Å²) in [5.74, 6) is -2.72.